The largest absolute Gasteiger partial charge is 0.573 e. The number of nitrogen functional groups attached to an aromatic ring is 1. The first-order valence-corrected chi connectivity index (χ1v) is 8.28. The lowest BCUT2D eigenvalue weighted by molar-refractivity contribution is -0.274. The highest BCUT2D eigenvalue weighted by Crippen LogP contribution is 2.31. The molecule has 0 radical (unpaired) electrons. The zero-order valence-corrected chi connectivity index (χ0v) is 16.0. The standard InChI is InChI=1S/C16H17F3N2O.C2H6.CH4O/c1-4-14-13(20)8-10(3)15(21-14)12-6-5-11(7-9(12)2)22-16(17,18)19;2*1-2/h5-8H,4,20H2,1-3H3;1-2H3;2H,1H3. The van der Waals surface area contributed by atoms with Gasteiger partial charge in [-0.05, 0) is 55.7 Å². The minimum atomic E-state index is -4.70. The third kappa shape index (κ3) is 6.55. The Bertz CT molecular complexity index is 702. The van der Waals surface area contributed by atoms with Crippen molar-refractivity contribution in [2.45, 2.75) is 47.4 Å². The summed E-state index contributed by atoms with van der Waals surface area (Å²) in [5.41, 5.74) is 10.3. The molecule has 0 aliphatic heterocycles. The number of hydrogen-bond donors (Lipinski definition) is 2. The van der Waals surface area contributed by atoms with Crippen LogP contribution in [0.3, 0.4) is 0 Å². The predicted molar refractivity (Wildman–Crippen MR) is 99.1 cm³/mol. The van der Waals surface area contributed by atoms with Gasteiger partial charge in [-0.1, -0.05) is 20.8 Å². The van der Waals surface area contributed by atoms with E-state index in [4.69, 9.17) is 10.8 Å². The molecular weight excluding hydrogens is 345 g/mol. The fourth-order valence-electron chi connectivity index (χ4n) is 2.33. The van der Waals surface area contributed by atoms with Gasteiger partial charge < -0.3 is 15.6 Å². The first kappa shape index (κ1) is 23.7. The minimum absolute atomic E-state index is 0.238. The topological polar surface area (TPSA) is 68.4 Å². The lowest BCUT2D eigenvalue weighted by Gasteiger charge is -2.14. The number of aromatic nitrogens is 1. The Morgan fingerprint density at radius 2 is 1.65 bits per heavy atom. The zero-order valence-electron chi connectivity index (χ0n) is 16.0. The highest BCUT2D eigenvalue weighted by Gasteiger charge is 2.31. The van der Waals surface area contributed by atoms with Crippen LogP contribution >= 0.6 is 0 Å². The second kappa shape index (κ2) is 10.7. The molecule has 2 aromatic rings. The van der Waals surface area contributed by atoms with Crippen LogP contribution in [0.1, 0.15) is 37.6 Å². The van der Waals surface area contributed by atoms with Crippen LogP contribution in [0, 0.1) is 13.8 Å². The van der Waals surface area contributed by atoms with Gasteiger partial charge in [-0.3, -0.25) is 4.98 Å². The van der Waals surface area contributed by atoms with Crippen LogP contribution in [0.25, 0.3) is 11.3 Å². The number of benzene rings is 1. The quantitative estimate of drug-likeness (QED) is 0.792. The van der Waals surface area contributed by atoms with E-state index < -0.39 is 6.36 Å². The molecule has 146 valence electrons. The molecule has 0 aliphatic rings. The number of ether oxygens (including phenoxy) is 1. The van der Waals surface area contributed by atoms with Crippen molar-refractivity contribution < 1.29 is 23.0 Å². The maximum atomic E-state index is 12.3. The number of alkyl halides is 3. The number of hydrogen-bond acceptors (Lipinski definition) is 4. The van der Waals surface area contributed by atoms with Crippen molar-refractivity contribution in [2.24, 2.45) is 0 Å². The molecule has 0 aliphatic carbocycles. The van der Waals surface area contributed by atoms with Crippen LogP contribution in [0.5, 0.6) is 5.75 Å². The molecule has 3 N–H and O–H groups in total. The van der Waals surface area contributed by atoms with E-state index in [9.17, 15) is 13.2 Å². The average Bonchev–Trinajstić information content (AvgIpc) is 2.58. The molecule has 0 unspecified atom stereocenters. The molecule has 1 aromatic heterocycles. The van der Waals surface area contributed by atoms with Gasteiger partial charge in [0.05, 0.1) is 17.1 Å². The number of anilines is 1. The molecule has 2 rings (SSSR count). The maximum absolute atomic E-state index is 12.3. The van der Waals surface area contributed by atoms with Crippen LogP contribution in [-0.4, -0.2) is 23.6 Å². The summed E-state index contributed by atoms with van der Waals surface area (Å²) >= 11 is 0. The molecule has 0 saturated carbocycles. The van der Waals surface area contributed by atoms with Crippen molar-refractivity contribution in [2.75, 3.05) is 12.8 Å². The number of nitrogens with zero attached hydrogens (tertiary/aromatic N) is 1. The first-order chi connectivity index (χ1) is 12.2. The molecule has 7 heteroatoms. The average molecular weight is 372 g/mol. The third-order valence-corrected chi connectivity index (χ3v) is 3.35. The van der Waals surface area contributed by atoms with Gasteiger partial charge in [0.25, 0.3) is 0 Å². The highest BCUT2D eigenvalue weighted by molar-refractivity contribution is 5.70. The Labute approximate surface area is 152 Å². The van der Waals surface area contributed by atoms with Crippen LogP contribution in [-0.2, 0) is 6.42 Å². The van der Waals surface area contributed by atoms with E-state index in [1.165, 1.54) is 12.1 Å². The van der Waals surface area contributed by atoms with Crippen molar-refractivity contribution in [3.05, 3.63) is 41.1 Å². The van der Waals surface area contributed by atoms with Gasteiger partial charge in [-0.2, -0.15) is 0 Å². The zero-order chi connectivity index (χ0) is 20.5. The fraction of sp³-hybridized carbons (Fsp3) is 0.421. The van der Waals surface area contributed by atoms with Crippen molar-refractivity contribution in [3.63, 3.8) is 0 Å². The second-order valence-corrected chi connectivity index (χ2v) is 5.07. The number of aliphatic hydroxyl groups is 1. The summed E-state index contributed by atoms with van der Waals surface area (Å²) in [6.07, 6.45) is -4.01. The van der Waals surface area contributed by atoms with Gasteiger partial charge in [0, 0.05) is 12.7 Å². The van der Waals surface area contributed by atoms with E-state index in [1.807, 2.05) is 33.8 Å². The summed E-state index contributed by atoms with van der Waals surface area (Å²) < 4.78 is 40.7. The van der Waals surface area contributed by atoms with Crippen LogP contribution in [0.2, 0.25) is 0 Å². The lowest BCUT2D eigenvalue weighted by atomic mass is 10.00. The van der Waals surface area contributed by atoms with Crippen molar-refractivity contribution >= 4 is 5.69 Å². The van der Waals surface area contributed by atoms with Crippen molar-refractivity contribution in [1.29, 1.82) is 0 Å². The first-order valence-electron chi connectivity index (χ1n) is 8.28. The molecule has 0 spiro atoms. The van der Waals surface area contributed by atoms with Gasteiger partial charge >= 0.3 is 6.36 Å². The molecule has 0 fully saturated rings. The summed E-state index contributed by atoms with van der Waals surface area (Å²) in [6.45, 7) is 9.55. The number of aliphatic hydroxyl groups excluding tert-OH is 1. The number of halogens is 3. The number of aryl methyl sites for hydroxylation is 3. The Balaban J connectivity index is 0.00000146. The SMILES string of the molecule is CC.CCc1nc(-c2ccc(OC(F)(F)F)cc2C)c(C)cc1N.CO. The van der Waals surface area contributed by atoms with Crippen LogP contribution < -0.4 is 10.5 Å². The van der Waals surface area contributed by atoms with E-state index in [2.05, 4.69) is 9.72 Å². The van der Waals surface area contributed by atoms with Crippen molar-refractivity contribution in [3.8, 4) is 17.0 Å². The summed E-state index contributed by atoms with van der Waals surface area (Å²) in [5, 5.41) is 7.00. The molecule has 1 heterocycles. The molecule has 0 bridgehead atoms. The minimum Gasteiger partial charge on any atom is -0.406 e. The maximum Gasteiger partial charge on any atom is 0.573 e. The van der Waals surface area contributed by atoms with Gasteiger partial charge in [0.15, 0.2) is 0 Å². The molecule has 4 nitrogen and oxygen atoms in total. The third-order valence-electron chi connectivity index (χ3n) is 3.35. The molecule has 0 atom stereocenters. The Morgan fingerprint density at radius 3 is 2.12 bits per heavy atom. The summed E-state index contributed by atoms with van der Waals surface area (Å²) in [4.78, 5) is 4.54. The Kier molecular flexibility index (Phi) is 9.72. The smallest absolute Gasteiger partial charge is 0.406 e. The van der Waals surface area contributed by atoms with Crippen molar-refractivity contribution in [1.82, 2.24) is 4.98 Å². The molecule has 1 aromatic carbocycles. The molecule has 0 amide bonds. The second-order valence-electron chi connectivity index (χ2n) is 5.07. The van der Waals surface area contributed by atoms with E-state index >= 15 is 0 Å². The van der Waals surface area contributed by atoms with Gasteiger partial charge in [-0.15, -0.1) is 13.2 Å². The van der Waals surface area contributed by atoms with Gasteiger partial charge in [0.1, 0.15) is 5.75 Å². The van der Waals surface area contributed by atoms with E-state index in [1.54, 1.807) is 13.0 Å². The van der Waals surface area contributed by atoms with Gasteiger partial charge in [-0.25, -0.2) is 0 Å². The van der Waals surface area contributed by atoms with E-state index in [-0.39, 0.29) is 5.75 Å². The fourth-order valence-corrected chi connectivity index (χ4v) is 2.33. The monoisotopic (exact) mass is 372 g/mol. The highest BCUT2D eigenvalue weighted by atomic mass is 19.4. The van der Waals surface area contributed by atoms with E-state index in [0.29, 0.717) is 17.7 Å². The van der Waals surface area contributed by atoms with Gasteiger partial charge in [0.2, 0.25) is 0 Å². The Hall–Kier alpha value is -2.28. The molecule has 26 heavy (non-hydrogen) atoms. The van der Waals surface area contributed by atoms with Crippen LogP contribution in [0.4, 0.5) is 18.9 Å². The Morgan fingerprint density at radius 1 is 1.08 bits per heavy atom. The summed E-state index contributed by atoms with van der Waals surface area (Å²) in [6, 6.07) is 6.06. The predicted octanol–water partition coefficient (Wildman–Crippen LogP) is 5.04. The number of pyridine rings is 1. The number of rotatable bonds is 3. The summed E-state index contributed by atoms with van der Waals surface area (Å²) in [5.74, 6) is -0.238. The normalized spacial score (nSPS) is 10.2. The lowest BCUT2D eigenvalue weighted by Crippen LogP contribution is -2.17. The molecular formula is C19H27F3N2O2. The molecule has 0 saturated heterocycles. The number of nitrogens with two attached hydrogens (primary N) is 1. The van der Waals surface area contributed by atoms with E-state index in [0.717, 1.165) is 29.6 Å². The summed E-state index contributed by atoms with van der Waals surface area (Å²) in [7, 11) is 1.00. The van der Waals surface area contributed by atoms with Crippen LogP contribution in [0.15, 0.2) is 24.3 Å².